The van der Waals surface area contributed by atoms with Crippen molar-refractivity contribution in [2.24, 2.45) is 28.0 Å². The summed E-state index contributed by atoms with van der Waals surface area (Å²) >= 11 is 0. The van der Waals surface area contributed by atoms with Gasteiger partial charge in [0.15, 0.2) is 0 Å². The summed E-state index contributed by atoms with van der Waals surface area (Å²) in [5, 5.41) is 6.90. The molecule has 0 bridgehead atoms. The molecule has 0 spiro atoms. The Morgan fingerprint density at radius 3 is 1.66 bits per heavy atom. The molecule has 0 N–H and O–H groups in total. The summed E-state index contributed by atoms with van der Waals surface area (Å²) in [4.78, 5) is 24.0. The molecule has 0 saturated carbocycles. The maximum Gasteiger partial charge on any atom is 0.452 e. The lowest BCUT2D eigenvalue weighted by Crippen LogP contribution is -2.43. The number of nitrogens with zero attached hydrogens (tertiary/aromatic N) is 2. The van der Waals surface area contributed by atoms with Crippen molar-refractivity contribution in [3.63, 3.8) is 0 Å². The normalized spacial score (nSPS) is 12.3. The van der Waals surface area contributed by atoms with Gasteiger partial charge >= 0.3 is 12.2 Å². The van der Waals surface area contributed by atoms with E-state index in [0.717, 1.165) is 37.4 Å². The van der Waals surface area contributed by atoms with Crippen LogP contribution in [0.5, 0.6) is 0 Å². The SMILES string of the molecule is CCCCCCCCOC(=O)N=NC(=O)O[Si](CC(C)C)(CC(C)C)CC(C)C. The molecule has 7 heteroatoms. The fraction of sp³-hybridized carbons (Fsp3) is 0.909. The van der Waals surface area contributed by atoms with Gasteiger partial charge in [-0.25, -0.2) is 9.59 Å². The first-order valence-electron chi connectivity index (χ1n) is 11.4. The van der Waals surface area contributed by atoms with Gasteiger partial charge in [0.1, 0.15) is 0 Å². The maximum atomic E-state index is 12.3. The van der Waals surface area contributed by atoms with E-state index in [-0.39, 0.29) is 0 Å². The molecule has 0 unspecified atom stereocenters. The molecule has 29 heavy (non-hydrogen) atoms. The summed E-state index contributed by atoms with van der Waals surface area (Å²) < 4.78 is 11.0. The minimum Gasteiger partial charge on any atom is -0.501 e. The average Bonchev–Trinajstić information content (AvgIpc) is 2.57. The van der Waals surface area contributed by atoms with Crippen LogP contribution >= 0.6 is 0 Å². The molecule has 0 aliphatic rings. The molecule has 0 radical (unpaired) electrons. The summed E-state index contributed by atoms with van der Waals surface area (Å²) in [5.74, 6) is 1.31. The Morgan fingerprint density at radius 1 is 0.724 bits per heavy atom. The van der Waals surface area contributed by atoms with Crippen molar-refractivity contribution in [2.45, 2.75) is 105 Å². The van der Waals surface area contributed by atoms with Crippen molar-refractivity contribution in [1.82, 2.24) is 0 Å². The first-order chi connectivity index (χ1) is 13.6. The van der Waals surface area contributed by atoms with E-state index >= 15 is 0 Å². The van der Waals surface area contributed by atoms with Crippen molar-refractivity contribution < 1.29 is 18.8 Å². The van der Waals surface area contributed by atoms with Crippen LogP contribution in [0.1, 0.15) is 87.0 Å². The zero-order valence-corrected chi connectivity index (χ0v) is 20.8. The Hall–Kier alpha value is -1.24. The summed E-state index contributed by atoms with van der Waals surface area (Å²) in [6.45, 7) is 15.4. The third-order valence-electron chi connectivity index (χ3n) is 4.58. The van der Waals surface area contributed by atoms with Crippen LogP contribution in [-0.4, -0.2) is 27.1 Å². The second-order valence-electron chi connectivity index (χ2n) is 9.43. The number of azo groups is 1. The fourth-order valence-electron chi connectivity index (χ4n) is 3.97. The van der Waals surface area contributed by atoms with Gasteiger partial charge < -0.3 is 9.16 Å². The second-order valence-corrected chi connectivity index (χ2v) is 13.2. The lowest BCUT2D eigenvalue weighted by atomic mass is 10.1. The third-order valence-corrected chi connectivity index (χ3v) is 9.87. The van der Waals surface area contributed by atoms with E-state index in [2.05, 4.69) is 58.7 Å². The molecule has 0 fully saturated rings. The number of hydrogen-bond donors (Lipinski definition) is 0. The maximum absolute atomic E-state index is 12.3. The Balaban J connectivity index is 4.65. The van der Waals surface area contributed by atoms with E-state index in [1.54, 1.807) is 0 Å². The summed E-state index contributed by atoms with van der Waals surface area (Å²) in [7, 11) is -2.32. The molecule has 170 valence electrons. The number of amides is 2. The van der Waals surface area contributed by atoms with Crippen LogP contribution in [0.3, 0.4) is 0 Å². The molecule has 0 aliphatic heterocycles. The summed E-state index contributed by atoms with van der Waals surface area (Å²) in [6.07, 6.45) is 5.07. The summed E-state index contributed by atoms with van der Waals surface area (Å²) in [5.41, 5.74) is 0. The molecular weight excluding hydrogens is 384 g/mol. The Kier molecular flexibility index (Phi) is 14.9. The molecule has 0 rings (SSSR count). The van der Waals surface area contributed by atoms with Gasteiger partial charge in [0.25, 0.3) is 8.32 Å². The predicted octanol–water partition coefficient (Wildman–Crippen LogP) is 7.99. The molecule has 0 aliphatic carbocycles. The highest BCUT2D eigenvalue weighted by Gasteiger charge is 2.40. The van der Waals surface area contributed by atoms with Gasteiger partial charge in [0.2, 0.25) is 0 Å². The number of hydrogen-bond acceptors (Lipinski definition) is 4. The van der Waals surface area contributed by atoms with Gasteiger partial charge in [0, 0.05) is 0 Å². The molecule has 0 aromatic rings. The number of ether oxygens (including phenoxy) is 1. The molecule has 2 amide bonds. The quantitative estimate of drug-likeness (QED) is 0.159. The van der Waals surface area contributed by atoms with Crippen LogP contribution < -0.4 is 0 Å². The lowest BCUT2D eigenvalue weighted by Gasteiger charge is -2.34. The predicted molar refractivity (Wildman–Crippen MR) is 121 cm³/mol. The topological polar surface area (TPSA) is 77.3 Å². The van der Waals surface area contributed by atoms with Gasteiger partial charge in [-0.05, 0) is 42.3 Å². The molecule has 0 heterocycles. The second kappa shape index (κ2) is 15.6. The van der Waals surface area contributed by atoms with E-state index in [0.29, 0.717) is 24.4 Å². The molecule has 0 aromatic heterocycles. The van der Waals surface area contributed by atoms with Crippen LogP contribution in [0.15, 0.2) is 10.2 Å². The highest BCUT2D eigenvalue weighted by Crippen LogP contribution is 2.33. The Morgan fingerprint density at radius 2 is 1.17 bits per heavy atom. The van der Waals surface area contributed by atoms with Gasteiger partial charge in [-0.1, -0.05) is 90.8 Å². The molecule has 0 atom stereocenters. The van der Waals surface area contributed by atoms with E-state index < -0.39 is 20.5 Å². The zero-order chi connectivity index (χ0) is 22.3. The number of carbonyl (C=O) groups excluding carboxylic acids is 2. The minimum atomic E-state index is -2.32. The van der Waals surface area contributed by atoms with Gasteiger partial charge in [-0.3, -0.25) is 0 Å². The molecule has 0 aromatic carbocycles. The third kappa shape index (κ3) is 15.3. The Labute approximate surface area is 179 Å². The van der Waals surface area contributed by atoms with Crippen LogP contribution in [0.2, 0.25) is 18.1 Å². The van der Waals surface area contributed by atoms with Crippen LogP contribution in [0.4, 0.5) is 9.59 Å². The highest BCUT2D eigenvalue weighted by atomic mass is 28.4. The van der Waals surface area contributed by atoms with Gasteiger partial charge in [0.05, 0.1) is 6.61 Å². The van der Waals surface area contributed by atoms with Crippen LogP contribution in [0, 0.1) is 17.8 Å². The minimum absolute atomic E-state index is 0.311. The monoisotopic (exact) mass is 428 g/mol. The largest absolute Gasteiger partial charge is 0.501 e. The van der Waals surface area contributed by atoms with E-state index in [1.807, 2.05) is 0 Å². The average molecular weight is 429 g/mol. The van der Waals surface area contributed by atoms with E-state index in [1.165, 1.54) is 19.3 Å². The first-order valence-corrected chi connectivity index (χ1v) is 13.9. The number of rotatable bonds is 14. The van der Waals surface area contributed by atoms with Gasteiger partial charge in [-0.15, -0.1) is 0 Å². The fourth-order valence-corrected chi connectivity index (χ4v) is 9.59. The van der Waals surface area contributed by atoms with Crippen molar-refractivity contribution >= 4 is 20.5 Å². The molecule has 0 saturated heterocycles. The highest BCUT2D eigenvalue weighted by molar-refractivity contribution is 6.75. The summed E-state index contributed by atoms with van der Waals surface area (Å²) in [6, 6.07) is 2.69. The van der Waals surface area contributed by atoms with Crippen LogP contribution in [-0.2, 0) is 9.16 Å². The van der Waals surface area contributed by atoms with Crippen LogP contribution in [0.25, 0.3) is 0 Å². The van der Waals surface area contributed by atoms with Crippen molar-refractivity contribution in [3.05, 3.63) is 0 Å². The van der Waals surface area contributed by atoms with Crippen molar-refractivity contribution in [2.75, 3.05) is 6.61 Å². The Bertz CT molecular complexity index is 467. The standard InChI is InChI=1S/C22H44N2O4Si/c1-8-9-10-11-12-13-14-27-21(25)23-24-22(26)28-29(15-18(2)3,16-19(4)5)17-20(6)7/h18-20H,8-17H2,1-7H3. The molecular formula is C22H44N2O4Si. The molecule has 6 nitrogen and oxygen atoms in total. The van der Waals surface area contributed by atoms with E-state index in [4.69, 9.17) is 9.16 Å². The van der Waals surface area contributed by atoms with Crippen molar-refractivity contribution in [1.29, 1.82) is 0 Å². The zero-order valence-electron chi connectivity index (χ0n) is 19.8. The lowest BCUT2D eigenvalue weighted by molar-refractivity contribution is 0.151. The number of unbranched alkanes of at least 4 members (excludes halogenated alkanes) is 5. The van der Waals surface area contributed by atoms with Gasteiger partial charge in [-0.2, -0.15) is 0 Å². The van der Waals surface area contributed by atoms with E-state index in [9.17, 15) is 9.59 Å². The van der Waals surface area contributed by atoms with Crippen molar-refractivity contribution in [3.8, 4) is 0 Å². The first kappa shape index (κ1) is 27.8. The number of carbonyl (C=O) groups is 2. The smallest absolute Gasteiger partial charge is 0.452 e.